The van der Waals surface area contributed by atoms with E-state index < -0.39 is 51.2 Å². The lowest BCUT2D eigenvalue weighted by atomic mass is 10.3. The summed E-state index contributed by atoms with van der Waals surface area (Å²) in [4.78, 5) is 17.9. The van der Waals surface area contributed by atoms with E-state index in [1.807, 2.05) is 0 Å². The Balaban J connectivity index is 2.49. The molecule has 2 aromatic carbocycles. The van der Waals surface area contributed by atoms with Crippen LogP contribution in [0.3, 0.4) is 0 Å². The summed E-state index contributed by atoms with van der Waals surface area (Å²) in [6.07, 6.45) is 0. The second-order valence-electron chi connectivity index (χ2n) is 4.46. The molecule has 0 atom stereocenters. The number of nitro benzene ring substituents is 2. The van der Waals surface area contributed by atoms with E-state index in [2.05, 4.69) is 3.63 Å². The first kappa shape index (κ1) is 18.4. The SMILES string of the molecule is O=[N+]([O-])c1cccc(S(=O)(=O)OS(=O)(=O)c2ccccc2[N+](=O)[O-])c1. The second kappa shape index (κ2) is 6.54. The van der Waals surface area contributed by atoms with Crippen molar-refractivity contribution in [3.8, 4) is 0 Å². The average Bonchev–Trinajstić information content (AvgIpc) is 2.54. The Kier molecular flexibility index (Phi) is 4.82. The Morgan fingerprint density at radius 3 is 2.04 bits per heavy atom. The fourth-order valence-corrected chi connectivity index (χ4v) is 4.47. The van der Waals surface area contributed by atoms with Crippen molar-refractivity contribution in [1.29, 1.82) is 0 Å². The van der Waals surface area contributed by atoms with Crippen LogP contribution in [0.15, 0.2) is 58.3 Å². The van der Waals surface area contributed by atoms with Crippen molar-refractivity contribution in [2.45, 2.75) is 9.79 Å². The summed E-state index contributed by atoms with van der Waals surface area (Å²) < 4.78 is 52.6. The molecule has 2 rings (SSSR count). The molecule has 0 fully saturated rings. The third-order valence-electron chi connectivity index (χ3n) is 2.83. The van der Waals surface area contributed by atoms with Crippen molar-refractivity contribution in [2.24, 2.45) is 0 Å². The molecule has 0 N–H and O–H groups in total. The van der Waals surface area contributed by atoms with Gasteiger partial charge < -0.3 is 0 Å². The van der Waals surface area contributed by atoms with E-state index in [-0.39, 0.29) is 0 Å². The van der Waals surface area contributed by atoms with Crippen molar-refractivity contribution in [2.75, 3.05) is 0 Å². The van der Waals surface area contributed by atoms with Crippen LogP contribution in [-0.4, -0.2) is 26.7 Å². The van der Waals surface area contributed by atoms with Crippen molar-refractivity contribution < 1.29 is 30.3 Å². The van der Waals surface area contributed by atoms with Crippen LogP contribution in [0.1, 0.15) is 0 Å². The Labute approximate surface area is 141 Å². The van der Waals surface area contributed by atoms with Crippen LogP contribution in [0, 0.1) is 20.2 Å². The van der Waals surface area contributed by atoms with Crippen LogP contribution in [0.4, 0.5) is 11.4 Å². The molecular formula is C12H8N2O9S2. The minimum absolute atomic E-state index is 0.601. The van der Waals surface area contributed by atoms with Gasteiger partial charge in [-0.05, 0) is 12.1 Å². The van der Waals surface area contributed by atoms with Crippen LogP contribution < -0.4 is 0 Å². The molecule has 0 aliphatic heterocycles. The summed E-state index contributed by atoms with van der Waals surface area (Å²) in [6.45, 7) is 0. The first-order valence-electron chi connectivity index (χ1n) is 6.23. The van der Waals surface area contributed by atoms with Gasteiger partial charge in [-0.15, -0.1) is 3.63 Å². The van der Waals surface area contributed by atoms with Crippen molar-refractivity contribution in [3.63, 3.8) is 0 Å². The second-order valence-corrected chi connectivity index (χ2v) is 7.73. The van der Waals surface area contributed by atoms with Crippen LogP contribution in [0.5, 0.6) is 0 Å². The Morgan fingerprint density at radius 2 is 1.44 bits per heavy atom. The maximum atomic E-state index is 12.1. The standard InChI is InChI=1S/C12H8N2O9S2/c15-13(16)9-4-3-5-10(8-9)24(19,20)23-25(21,22)12-7-2-1-6-11(12)14(17)18/h1-8H. The first-order chi connectivity index (χ1) is 11.5. The first-order valence-corrected chi connectivity index (χ1v) is 9.05. The molecule has 13 heteroatoms. The van der Waals surface area contributed by atoms with Crippen LogP contribution in [0.2, 0.25) is 0 Å². The Hall–Kier alpha value is -2.90. The molecule has 0 saturated carbocycles. The minimum Gasteiger partial charge on any atom is -0.258 e. The fourth-order valence-electron chi connectivity index (χ4n) is 1.77. The molecule has 0 saturated heterocycles. The van der Waals surface area contributed by atoms with E-state index in [0.29, 0.717) is 6.07 Å². The summed E-state index contributed by atoms with van der Waals surface area (Å²) in [5, 5.41) is 21.6. The highest BCUT2D eigenvalue weighted by Crippen LogP contribution is 2.28. The third-order valence-corrected chi connectivity index (χ3v) is 5.98. The number of para-hydroxylation sites is 1. The fraction of sp³-hybridized carbons (Fsp3) is 0. The lowest BCUT2D eigenvalue weighted by molar-refractivity contribution is -0.387. The smallest absolute Gasteiger partial charge is 0.258 e. The van der Waals surface area contributed by atoms with Gasteiger partial charge in [0.15, 0.2) is 4.90 Å². The highest BCUT2D eigenvalue weighted by molar-refractivity contribution is 8.00. The summed E-state index contributed by atoms with van der Waals surface area (Å²) in [6, 6.07) is 7.49. The number of benzene rings is 2. The van der Waals surface area contributed by atoms with Crippen LogP contribution in [-0.2, 0) is 23.9 Å². The number of rotatable bonds is 6. The molecule has 132 valence electrons. The molecule has 0 aliphatic rings. The number of non-ortho nitro benzene ring substituents is 1. The topological polar surface area (TPSA) is 164 Å². The molecule has 2 aromatic rings. The van der Waals surface area contributed by atoms with Gasteiger partial charge in [0.1, 0.15) is 4.90 Å². The largest absolute Gasteiger partial charge is 0.318 e. The molecule has 0 bridgehead atoms. The van der Waals surface area contributed by atoms with E-state index in [0.717, 1.165) is 36.4 Å². The highest BCUT2D eigenvalue weighted by Gasteiger charge is 2.33. The molecule has 0 radical (unpaired) electrons. The average molecular weight is 388 g/mol. The van der Waals surface area contributed by atoms with Gasteiger partial charge in [0, 0.05) is 18.2 Å². The zero-order valence-corrected chi connectivity index (χ0v) is 13.6. The molecule has 0 aliphatic carbocycles. The van der Waals surface area contributed by atoms with Gasteiger partial charge in [0.25, 0.3) is 11.4 Å². The highest BCUT2D eigenvalue weighted by atomic mass is 32.3. The Bertz CT molecular complexity index is 1060. The maximum absolute atomic E-state index is 12.1. The van der Waals surface area contributed by atoms with Crippen molar-refractivity contribution >= 4 is 31.6 Å². The summed E-state index contributed by atoms with van der Waals surface area (Å²) in [5.41, 5.74) is -1.48. The van der Waals surface area contributed by atoms with E-state index in [1.165, 1.54) is 6.07 Å². The van der Waals surface area contributed by atoms with Gasteiger partial charge in [0.2, 0.25) is 0 Å². The quantitative estimate of drug-likeness (QED) is 0.528. The Morgan fingerprint density at radius 1 is 0.800 bits per heavy atom. The van der Waals surface area contributed by atoms with Gasteiger partial charge in [-0.3, -0.25) is 20.2 Å². The predicted molar refractivity (Wildman–Crippen MR) is 81.6 cm³/mol. The molecule has 11 nitrogen and oxygen atoms in total. The van der Waals surface area contributed by atoms with Gasteiger partial charge in [0.05, 0.1) is 9.85 Å². The molecule has 25 heavy (non-hydrogen) atoms. The predicted octanol–water partition coefficient (Wildman–Crippen LogP) is 1.60. The summed E-state index contributed by atoms with van der Waals surface area (Å²) in [7, 11) is -10.1. The van der Waals surface area contributed by atoms with Gasteiger partial charge in [-0.25, -0.2) is 0 Å². The van der Waals surface area contributed by atoms with Crippen molar-refractivity contribution in [3.05, 3.63) is 68.8 Å². The molecular weight excluding hydrogens is 380 g/mol. The lowest BCUT2D eigenvalue weighted by Crippen LogP contribution is -2.15. The normalized spacial score (nSPS) is 11.8. The van der Waals surface area contributed by atoms with Crippen LogP contribution in [0.25, 0.3) is 0 Å². The zero-order chi connectivity index (χ0) is 18.8. The van der Waals surface area contributed by atoms with E-state index in [4.69, 9.17) is 0 Å². The summed E-state index contributed by atoms with van der Waals surface area (Å²) in [5.74, 6) is 0. The van der Waals surface area contributed by atoms with E-state index in [9.17, 15) is 37.1 Å². The third kappa shape index (κ3) is 3.96. The van der Waals surface area contributed by atoms with Gasteiger partial charge in [-0.2, -0.15) is 16.8 Å². The zero-order valence-electron chi connectivity index (χ0n) is 12.0. The lowest BCUT2D eigenvalue weighted by Gasteiger charge is -2.06. The maximum Gasteiger partial charge on any atom is 0.318 e. The van der Waals surface area contributed by atoms with Crippen molar-refractivity contribution in [1.82, 2.24) is 0 Å². The molecule has 0 aromatic heterocycles. The monoisotopic (exact) mass is 388 g/mol. The number of nitrogens with zero attached hydrogens (tertiary/aromatic N) is 2. The summed E-state index contributed by atoms with van der Waals surface area (Å²) >= 11 is 0. The molecule has 0 heterocycles. The number of nitro groups is 2. The number of hydrogen-bond acceptors (Lipinski definition) is 9. The van der Waals surface area contributed by atoms with E-state index >= 15 is 0 Å². The van der Waals surface area contributed by atoms with Gasteiger partial charge in [-0.1, -0.05) is 18.2 Å². The van der Waals surface area contributed by atoms with Crippen LogP contribution >= 0.6 is 0 Å². The minimum atomic E-state index is -5.07. The van der Waals surface area contributed by atoms with E-state index in [1.54, 1.807) is 0 Å². The number of hydrogen-bond donors (Lipinski definition) is 0. The molecule has 0 spiro atoms. The van der Waals surface area contributed by atoms with Gasteiger partial charge >= 0.3 is 20.2 Å². The molecule has 0 unspecified atom stereocenters. The molecule has 0 amide bonds.